The average molecular weight is 340 g/mol. The molecule has 0 saturated carbocycles. The van der Waals surface area contributed by atoms with Crippen molar-refractivity contribution in [2.45, 2.75) is 6.29 Å². The summed E-state index contributed by atoms with van der Waals surface area (Å²) in [7, 11) is 0. The molecule has 116 valence electrons. The number of carbonyl (C=O) groups is 3. The van der Waals surface area contributed by atoms with E-state index in [9.17, 15) is 14.4 Å². The fourth-order valence-corrected chi connectivity index (χ4v) is 1.54. The van der Waals surface area contributed by atoms with Gasteiger partial charge in [-0.05, 0) is 0 Å². The van der Waals surface area contributed by atoms with Crippen molar-refractivity contribution in [3.63, 3.8) is 0 Å². The number of aliphatic hydroxyl groups is 2. The van der Waals surface area contributed by atoms with Gasteiger partial charge < -0.3 is 25.5 Å². The summed E-state index contributed by atoms with van der Waals surface area (Å²) in [4.78, 5) is 34.0. The fraction of sp³-hybridized carbons (Fsp3) is 0.700. The minimum absolute atomic E-state index is 0. The maximum atomic E-state index is 10.6. The Morgan fingerprint density at radius 2 is 1.05 bits per heavy atom. The minimum atomic E-state index is -1.73. The Balaban J connectivity index is -0.00000180. The van der Waals surface area contributed by atoms with E-state index in [1.165, 1.54) is 4.90 Å². The molecule has 0 radical (unpaired) electrons. The first kappa shape index (κ1) is 27.1. The molecule has 0 aliphatic rings. The Hall–Kier alpha value is 0.250. The minimum Gasteiger partial charge on any atom is -0.480 e. The van der Waals surface area contributed by atoms with Crippen LogP contribution in [0.25, 0.3) is 0 Å². The van der Waals surface area contributed by atoms with E-state index in [0.717, 1.165) is 4.90 Å². The van der Waals surface area contributed by atoms with Gasteiger partial charge in [-0.25, -0.2) is 0 Å². The van der Waals surface area contributed by atoms with Crippen LogP contribution in [-0.4, -0.2) is 98.8 Å². The first-order chi connectivity index (χ1) is 9.20. The Bertz CT molecular complexity index is 340. The predicted octanol–water partition coefficient (Wildman–Crippen LogP) is -8.84. The van der Waals surface area contributed by atoms with Crippen molar-refractivity contribution < 1.29 is 99.0 Å². The summed E-state index contributed by atoms with van der Waals surface area (Å²) < 4.78 is 0. The second kappa shape index (κ2) is 14.8. The zero-order chi connectivity index (χ0) is 15.7. The van der Waals surface area contributed by atoms with Gasteiger partial charge in [0.25, 0.3) is 0 Å². The van der Waals surface area contributed by atoms with E-state index in [1.807, 2.05) is 0 Å². The Labute approximate surface area is 171 Å². The smallest absolute Gasteiger partial charge is 0.480 e. The largest absolute Gasteiger partial charge is 1.00 e. The van der Waals surface area contributed by atoms with Gasteiger partial charge in [0.05, 0.1) is 19.6 Å². The third-order valence-electron chi connectivity index (χ3n) is 2.23. The molecule has 0 unspecified atom stereocenters. The standard InChI is InChI=1S/C10H18N2O8.2Na/c13-7(14)3-11(4-8(15)16)1-2-12(5-9(17)18)6-10(19)20;;/h7,13-14H,1-6H2,(H,15,16)(H,17,18)(H,19,20);;/q;2*+1. The van der Waals surface area contributed by atoms with Crippen molar-refractivity contribution in [3.8, 4) is 0 Å². The SMILES string of the molecule is O=C(O)CN(CCN(CC(=O)O)CC(O)O)CC(=O)O.[Na+].[Na+]. The van der Waals surface area contributed by atoms with Crippen LogP contribution in [0.15, 0.2) is 0 Å². The molecule has 0 aromatic rings. The molecule has 0 atom stereocenters. The van der Waals surface area contributed by atoms with E-state index in [0.29, 0.717) is 0 Å². The number of hydrogen-bond acceptors (Lipinski definition) is 7. The molecular weight excluding hydrogens is 322 g/mol. The molecular formula is C10H18N2Na2O8+2. The van der Waals surface area contributed by atoms with E-state index in [1.54, 1.807) is 0 Å². The van der Waals surface area contributed by atoms with Crippen molar-refractivity contribution >= 4 is 17.9 Å². The Kier molecular flexibility index (Phi) is 18.3. The number of rotatable bonds is 11. The number of aliphatic hydroxyl groups excluding tert-OH is 1. The van der Waals surface area contributed by atoms with Gasteiger partial charge in [-0.15, -0.1) is 0 Å². The Morgan fingerprint density at radius 3 is 1.36 bits per heavy atom. The number of carboxylic acid groups (broad SMARTS) is 3. The molecule has 5 N–H and O–H groups in total. The molecule has 0 heterocycles. The topological polar surface area (TPSA) is 159 Å². The van der Waals surface area contributed by atoms with Gasteiger partial charge in [0.2, 0.25) is 0 Å². The summed E-state index contributed by atoms with van der Waals surface area (Å²) >= 11 is 0. The summed E-state index contributed by atoms with van der Waals surface area (Å²) in [5, 5.41) is 43.5. The Morgan fingerprint density at radius 1 is 0.727 bits per heavy atom. The van der Waals surface area contributed by atoms with Gasteiger partial charge in [0.1, 0.15) is 0 Å². The maximum absolute atomic E-state index is 10.6. The van der Waals surface area contributed by atoms with Crippen molar-refractivity contribution in [2.24, 2.45) is 0 Å². The summed E-state index contributed by atoms with van der Waals surface area (Å²) in [5.74, 6) is -3.61. The molecule has 0 fully saturated rings. The van der Waals surface area contributed by atoms with Crippen LogP contribution in [0.2, 0.25) is 0 Å². The molecule has 0 spiro atoms. The van der Waals surface area contributed by atoms with Gasteiger partial charge in [0, 0.05) is 19.6 Å². The molecule has 0 rings (SSSR count). The van der Waals surface area contributed by atoms with Crippen LogP contribution in [0.4, 0.5) is 0 Å². The number of carboxylic acids is 3. The van der Waals surface area contributed by atoms with Crippen molar-refractivity contribution in [2.75, 3.05) is 39.3 Å². The fourth-order valence-electron chi connectivity index (χ4n) is 1.54. The van der Waals surface area contributed by atoms with E-state index < -0.39 is 43.8 Å². The molecule has 12 heteroatoms. The van der Waals surface area contributed by atoms with Crippen LogP contribution in [0.1, 0.15) is 0 Å². The molecule has 22 heavy (non-hydrogen) atoms. The molecule has 0 aliphatic carbocycles. The van der Waals surface area contributed by atoms with Crippen LogP contribution < -0.4 is 59.1 Å². The molecule has 0 amide bonds. The third-order valence-corrected chi connectivity index (χ3v) is 2.23. The van der Waals surface area contributed by atoms with E-state index in [2.05, 4.69) is 0 Å². The van der Waals surface area contributed by atoms with Crippen LogP contribution in [-0.2, 0) is 14.4 Å². The first-order valence-corrected chi connectivity index (χ1v) is 5.67. The second-order valence-electron chi connectivity index (χ2n) is 4.11. The molecule has 0 saturated heterocycles. The van der Waals surface area contributed by atoms with Crippen molar-refractivity contribution in [3.05, 3.63) is 0 Å². The van der Waals surface area contributed by atoms with E-state index in [4.69, 9.17) is 25.5 Å². The predicted molar refractivity (Wildman–Crippen MR) is 64.0 cm³/mol. The van der Waals surface area contributed by atoms with Gasteiger partial charge >= 0.3 is 77.0 Å². The third kappa shape index (κ3) is 16.6. The van der Waals surface area contributed by atoms with Crippen LogP contribution in [0.3, 0.4) is 0 Å². The van der Waals surface area contributed by atoms with Crippen molar-refractivity contribution in [1.82, 2.24) is 9.80 Å². The number of nitrogens with zero attached hydrogens (tertiary/aromatic N) is 2. The zero-order valence-corrected chi connectivity index (χ0v) is 16.7. The zero-order valence-electron chi connectivity index (χ0n) is 12.7. The molecule has 0 bridgehead atoms. The molecule has 0 aromatic heterocycles. The normalized spacial score (nSPS) is 10.2. The van der Waals surface area contributed by atoms with Gasteiger partial charge in [-0.3, -0.25) is 24.2 Å². The van der Waals surface area contributed by atoms with E-state index in [-0.39, 0.29) is 78.7 Å². The number of aliphatic carboxylic acids is 3. The quantitative estimate of drug-likeness (QED) is 0.181. The summed E-state index contributed by atoms with van der Waals surface area (Å²) in [6, 6.07) is 0. The van der Waals surface area contributed by atoms with Crippen molar-refractivity contribution in [1.29, 1.82) is 0 Å². The van der Waals surface area contributed by atoms with Crippen LogP contribution in [0.5, 0.6) is 0 Å². The van der Waals surface area contributed by atoms with Gasteiger partial charge in [0.15, 0.2) is 6.29 Å². The van der Waals surface area contributed by atoms with Gasteiger partial charge in [-0.1, -0.05) is 0 Å². The summed E-state index contributed by atoms with van der Waals surface area (Å²) in [6.45, 7) is -1.85. The summed E-state index contributed by atoms with van der Waals surface area (Å²) in [6.07, 6.45) is -1.73. The molecule has 10 nitrogen and oxygen atoms in total. The average Bonchev–Trinajstić information content (AvgIpc) is 2.22. The van der Waals surface area contributed by atoms with Crippen LogP contribution in [0, 0.1) is 0 Å². The monoisotopic (exact) mass is 340 g/mol. The molecule has 0 aliphatic heterocycles. The summed E-state index contributed by atoms with van der Waals surface area (Å²) in [5.41, 5.74) is 0. The van der Waals surface area contributed by atoms with E-state index >= 15 is 0 Å². The van der Waals surface area contributed by atoms with Crippen LogP contribution >= 0.6 is 0 Å². The maximum Gasteiger partial charge on any atom is 1.00 e. The second-order valence-corrected chi connectivity index (χ2v) is 4.11. The first-order valence-electron chi connectivity index (χ1n) is 5.67. The molecule has 0 aromatic carbocycles. The van der Waals surface area contributed by atoms with Gasteiger partial charge in [-0.2, -0.15) is 0 Å². The number of hydrogen-bond donors (Lipinski definition) is 5.